The fourth-order valence-electron chi connectivity index (χ4n) is 1.39. The van der Waals surface area contributed by atoms with Crippen LogP contribution in [0.4, 0.5) is 0 Å². The van der Waals surface area contributed by atoms with Crippen molar-refractivity contribution < 1.29 is 9.59 Å². The van der Waals surface area contributed by atoms with Gasteiger partial charge in [-0.05, 0) is 6.42 Å². The molecule has 0 saturated carbocycles. The van der Waals surface area contributed by atoms with Crippen molar-refractivity contribution in [3.63, 3.8) is 0 Å². The molecular weight excluding hydrogens is 248 g/mol. The van der Waals surface area contributed by atoms with E-state index in [1.165, 1.54) is 4.90 Å². The van der Waals surface area contributed by atoms with Crippen molar-refractivity contribution in [2.45, 2.75) is 19.4 Å². The monoisotopic (exact) mass is 260 g/mol. The van der Waals surface area contributed by atoms with E-state index in [-0.39, 0.29) is 24.4 Å². The molecule has 0 aliphatic carbocycles. The van der Waals surface area contributed by atoms with Crippen molar-refractivity contribution in [1.82, 2.24) is 10.2 Å². The number of nitrogens with one attached hydrogen (secondary N) is 1. The van der Waals surface area contributed by atoms with E-state index in [1.54, 1.807) is 0 Å². The average Bonchev–Trinajstić information content (AvgIpc) is 2.09. The van der Waals surface area contributed by atoms with E-state index >= 15 is 0 Å². The highest BCUT2D eigenvalue weighted by Crippen LogP contribution is 2.10. The summed E-state index contributed by atoms with van der Waals surface area (Å²) in [5.41, 5.74) is 0. The van der Waals surface area contributed by atoms with Crippen LogP contribution >= 0.6 is 15.9 Å². The third kappa shape index (κ3) is 2.57. The predicted octanol–water partition coefficient (Wildman–Crippen LogP) is 0.632. The lowest BCUT2D eigenvalue weighted by molar-refractivity contribution is -0.143. The van der Waals surface area contributed by atoms with E-state index < -0.39 is 0 Å². The van der Waals surface area contributed by atoms with Gasteiger partial charge in [0.15, 0.2) is 0 Å². The van der Waals surface area contributed by atoms with Crippen LogP contribution < -0.4 is 5.32 Å². The van der Waals surface area contributed by atoms with Gasteiger partial charge in [-0.2, -0.15) is 0 Å². The number of carbonyl (C=O) groups is 2. The molecule has 1 aliphatic heterocycles. The summed E-state index contributed by atoms with van der Waals surface area (Å²) in [5.74, 6) is -0.141. The van der Waals surface area contributed by atoms with E-state index in [0.717, 1.165) is 0 Å². The normalized spacial score (nSPS) is 22.1. The zero-order chi connectivity index (χ0) is 10.7. The number of carbonyl (C=O) groups excluding carboxylic acids is 2. The van der Waals surface area contributed by atoms with Gasteiger partial charge in [-0.3, -0.25) is 9.59 Å². The molecular formula is C9H13BrN2O2. The zero-order valence-corrected chi connectivity index (χ0v) is 9.63. The molecule has 0 aromatic rings. The van der Waals surface area contributed by atoms with Crippen LogP contribution in [-0.2, 0) is 9.59 Å². The minimum absolute atomic E-state index is 0.0345. The molecule has 1 rings (SSSR count). The van der Waals surface area contributed by atoms with Gasteiger partial charge in [0.2, 0.25) is 11.8 Å². The summed E-state index contributed by atoms with van der Waals surface area (Å²) >= 11 is 3.18. The Labute approximate surface area is 91.5 Å². The van der Waals surface area contributed by atoms with E-state index in [9.17, 15) is 9.59 Å². The first kappa shape index (κ1) is 11.2. The molecule has 1 unspecified atom stereocenters. The Bertz CT molecular complexity index is 276. The molecule has 14 heavy (non-hydrogen) atoms. The van der Waals surface area contributed by atoms with E-state index in [0.29, 0.717) is 17.4 Å². The maximum Gasteiger partial charge on any atom is 0.245 e. The molecule has 5 heteroatoms. The van der Waals surface area contributed by atoms with Crippen LogP contribution in [0.3, 0.4) is 0 Å². The second kappa shape index (κ2) is 4.59. The summed E-state index contributed by atoms with van der Waals surface area (Å²) in [6, 6.07) is -0.372. The van der Waals surface area contributed by atoms with Gasteiger partial charge in [0.1, 0.15) is 6.04 Å². The highest BCUT2D eigenvalue weighted by Gasteiger charge is 2.30. The van der Waals surface area contributed by atoms with Crippen LogP contribution in [0.1, 0.15) is 13.3 Å². The average molecular weight is 261 g/mol. The molecule has 1 atom stereocenters. The molecule has 1 N–H and O–H groups in total. The number of hydrogen-bond acceptors (Lipinski definition) is 2. The Kier molecular flexibility index (Phi) is 3.69. The Morgan fingerprint density at radius 3 is 2.86 bits per heavy atom. The Hall–Kier alpha value is -0.840. The van der Waals surface area contributed by atoms with Gasteiger partial charge in [0.25, 0.3) is 0 Å². The number of amides is 2. The van der Waals surface area contributed by atoms with Crippen molar-refractivity contribution in [1.29, 1.82) is 0 Å². The lowest BCUT2D eigenvalue weighted by atomic mass is 10.1. The molecule has 2 amide bonds. The van der Waals surface area contributed by atoms with Crippen LogP contribution in [0.25, 0.3) is 0 Å². The predicted molar refractivity (Wildman–Crippen MR) is 56.9 cm³/mol. The van der Waals surface area contributed by atoms with Gasteiger partial charge in [0.05, 0.1) is 13.1 Å². The van der Waals surface area contributed by atoms with Crippen molar-refractivity contribution in [2.24, 2.45) is 0 Å². The number of nitrogens with zero attached hydrogens (tertiary/aromatic N) is 1. The first-order valence-electron chi connectivity index (χ1n) is 4.46. The van der Waals surface area contributed by atoms with Crippen LogP contribution in [-0.4, -0.2) is 35.8 Å². The summed E-state index contributed by atoms with van der Waals surface area (Å²) in [6.45, 7) is 6.04. The molecule has 1 aliphatic rings. The molecule has 0 aromatic heterocycles. The Balaban J connectivity index is 2.69. The van der Waals surface area contributed by atoms with Gasteiger partial charge >= 0.3 is 0 Å². The fraction of sp³-hybridized carbons (Fsp3) is 0.556. The van der Waals surface area contributed by atoms with Gasteiger partial charge in [-0.25, -0.2) is 0 Å². The zero-order valence-electron chi connectivity index (χ0n) is 8.05. The first-order chi connectivity index (χ1) is 6.54. The maximum absolute atomic E-state index is 11.7. The highest BCUT2D eigenvalue weighted by atomic mass is 79.9. The largest absolute Gasteiger partial charge is 0.343 e. The van der Waals surface area contributed by atoms with Gasteiger partial charge in [-0.15, -0.1) is 0 Å². The van der Waals surface area contributed by atoms with E-state index in [4.69, 9.17) is 0 Å². The number of hydrogen-bond donors (Lipinski definition) is 1. The van der Waals surface area contributed by atoms with Crippen molar-refractivity contribution in [3.05, 3.63) is 11.1 Å². The van der Waals surface area contributed by atoms with Crippen molar-refractivity contribution in [2.75, 3.05) is 13.1 Å². The maximum atomic E-state index is 11.7. The summed E-state index contributed by atoms with van der Waals surface area (Å²) in [4.78, 5) is 24.4. The third-order valence-corrected chi connectivity index (χ3v) is 2.30. The molecule has 0 spiro atoms. The van der Waals surface area contributed by atoms with Gasteiger partial charge in [0, 0.05) is 4.48 Å². The minimum atomic E-state index is -0.372. The molecule has 0 bridgehead atoms. The highest BCUT2D eigenvalue weighted by molar-refractivity contribution is 9.11. The van der Waals surface area contributed by atoms with Gasteiger partial charge < -0.3 is 10.2 Å². The lowest BCUT2D eigenvalue weighted by Gasteiger charge is -2.31. The van der Waals surface area contributed by atoms with Crippen LogP contribution in [0.5, 0.6) is 0 Å². The third-order valence-electron chi connectivity index (χ3n) is 2.05. The van der Waals surface area contributed by atoms with E-state index in [1.807, 2.05) is 6.92 Å². The van der Waals surface area contributed by atoms with Crippen LogP contribution in [0.2, 0.25) is 0 Å². The smallest absolute Gasteiger partial charge is 0.245 e. The van der Waals surface area contributed by atoms with Crippen molar-refractivity contribution >= 4 is 27.7 Å². The molecule has 78 valence electrons. The SMILES string of the molecule is C=C(Br)CN1CC(=O)NC(CC)C1=O. The minimum Gasteiger partial charge on any atom is -0.343 e. The Morgan fingerprint density at radius 2 is 2.36 bits per heavy atom. The topological polar surface area (TPSA) is 49.4 Å². The lowest BCUT2D eigenvalue weighted by Crippen LogP contribution is -2.57. The molecule has 0 radical (unpaired) electrons. The molecule has 1 heterocycles. The van der Waals surface area contributed by atoms with E-state index in [2.05, 4.69) is 27.8 Å². The quantitative estimate of drug-likeness (QED) is 0.810. The first-order valence-corrected chi connectivity index (χ1v) is 5.25. The second-order valence-corrected chi connectivity index (χ2v) is 4.36. The Morgan fingerprint density at radius 1 is 1.71 bits per heavy atom. The van der Waals surface area contributed by atoms with Crippen molar-refractivity contribution in [3.8, 4) is 0 Å². The summed E-state index contributed by atoms with van der Waals surface area (Å²) < 4.78 is 0.704. The second-order valence-electron chi connectivity index (χ2n) is 3.24. The summed E-state index contributed by atoms with van der Waals surface area (Å²) in [5, 5.41) is 2.64. The molecule has 0 aromatic carbocycles. The number of rotatable bonds is 3. The number of halogens is 1. The summed E-state index contributed by atoms with van der Waals surface area (Å²) in [7, 11) is 0. The number of piperazine rings is 1. The van der Waals surface area contributed by atoms with Crippen LogP contribution in [0.15, 0.2) is 11.1 Å². The molecule has 1 saturated heterocycles. The van der Waals surface area contributed by atoms with Gasteiger partial charge in [-0.1, -0.05) is 29.4 Å². The van der Waals surface area contributed by atoms with Crippen LogP contribution in [0, 0.1) is 0 Å². The fourth-order valence-corrected chi connectivity index (χ4v) is 1.69. The molecule has 4 nitrogen and oxygen atoms in total. The molecule has 1 fully saturated rings. The standard InChI is InChI=1S/C9H13BrN2O2/c1-3-7-9(14)12(4-6(2)10)5-8(13)11-7/h7H,2-5H2,1H3,(H,11,13). The summed E-state index contributed by atoms with van der Waals surface area (Å²) in [6.07, 6.45) is 0.621.